The van der Waals surface area contributed by atoms with Crippen molar-refractivity contribution < 1.29 is 19.7 Å². The molecule has 0 atom stereocenters. The number of aliphatic imine (C=N–C) groups is 1. The minimum absolute atomic E-state index is 0.0146. The van der Waals surface area contributed by atoms with Crippen LogP contribution in [0.3, 0.4) is 0 Å². The van der Waals surface area contributed by atoms with Crippen LogP contribution in [-0.2, 0) is 4.79 Å². The molecule has 0 aliphatic heterocycles. The number of anilines is 1. The van der Waals surface area contributed by atoms with Gasteiger partial charge in [0, 0.05) is 16.3 Å². The first-order chi connectivity index (χ1) is 11.0. The molecule has 3 N–H and O–H groups in total. The van der Waals surface area contributed by atoms with E-state index in [1.54, 1.807) is 30.3 Å². The van der Waals surface area contributed by atoms with Crippen molar-refractivity contribution in [3.8, 4) is 17.2 Å². The lowest BCUT2D eigenvalue weighted by Gasteiger charge is -2.07. The Morgan fingerprint density at radius 1 is 1.35 bits per heavy atom. The summed E-state index contributed by atoms with van der Waals surface area (Å²) in [5.41, 5.74) is 0.742. The Hall–Kier alpha value is -2.54. The molecule has 0 aromatic heterocycles. The zero-order valence-corrected chi connectivity index (χ0v) is 13.9. The van der Waals surface area contributed by atoms with Crippen LogP contribution in [0.25, 0.3) is 0 Å². The van der Waals surface area contributed by atoms with Crippen LogP contribution in [0.4, 0.5) is 5.69 Å². The van der Waals surface area contributed by atoms with Gasteiger partial charge in [-0.05, 0) is 24.3 Å². The van der Waals surface area contributed by atoms with Crippen molar-refractivity contribution in [2.45, 2.75) is 0 Å². The second-order valence-electron chi connectivity index (χ2n) is 4.58. The maximum absolute atomic E-state index is 11.8. The number of nitrogens with one attached hydrogen (secondary N) is 1. The first-order valence-corrected chi connectivity index (χ1v) is 7.44. The molecule has 120 valence electrons. The maximum atomic E-state index is 11.8. The van der Waals surface area contributed by atoms with Crippen LogP contribution in [0.1, 0.15) is 5.56 Å². The number of aromatic hydroxyl groups is 2. The summed E-state index contributed by atoms with van der Waals surface area (Å²) in [4.78, 5) is 15.8. The molecule has 0 aliphatic rings. The van der Waals surface area contributed by atoms with Gasteiger partial charge in [-0.2, -0.15) is 0 Å². The average molecular weight is 379 g/mol. The van der Waals surface area contributed by atoms with E-state index in [1.165, 1.54) is 19.4 Å². The predicted molar refractivity (Wildman–Crippen MR) is 91.6 cm³/mol. The fourth-order valence-electron chi connectivity index (χ4n) is 1.84. The van der Waals surface area contributed by atoms with Gasteiger partial charge in [-0.15, -0.1) is 0 Å². The number of carbonyl (C=O) groups excluding carboxylic acids is 1. The number of nitrogens with zero attached hydrogens (tertiary/aromatic N) is 1. The normalized spacial score (nSPS) is 10.7. The van der Waals surface area contributed by atoms with Gasteiger partial charge in [0.15, 0.2) is 11.5 Å². The van der Waals surface area contributed by atoms with E-state index in [0.29, 0.717) is 21.5 Å². The number of phenols is 2. The molecule has 2 aromatic carbocycles. The molecule has 7 heteroatoms. The summed E-state index contributed by atoms with van der Waals surface area (Å²) in [6.07, 6.45) is 1.38. The maximum Gasteiger partial charge on any atom is 0.246 e. The molecule has 0 unspecified atom stereocenters. The molecule has 0 fully saturated rings. The lowest BCUT2D eigenvalue weighted by molar-refractivity contribution is -0.114. The number of phenolic OH excluding ortho intramolecular Hbond substituents is 2. The minimum atomic E-state index is -0.385. The fourth-order valence-corrected chi connectivity index (χ4v) is 2.30. The van der Waals surface area contributed by atoms with Crippen molar-refractivity contribution in [3.05, 3.63) is 46.4 Å². The van der Waals surface area contributed by atoms with Crippen LogP contribution < -0.4 is 10.1 Å². The molecular formula is C16H15BrN2O4. The van der Waals surface area contributed by atoms with Gasteiger partial charge in [0.05, 0.1) is 12.8 Å². The molecule has 23 heavy (non-hydrogen) atoms. The number of hydrogen-bond donors (Lipinski definition) is 3. The van der Waals surface area contributed by atoms with Crippen LogP contribution in [0, 0.1) is 0 Å². The third kappa shape index (κ3) is 4.46. The van der Waals surface area contributed by atoms with E-state index in [0.717, 1.165) is 0 Å². The second kappa shape index (κ2) is 7.64. The standard InChI is InChI=1S/C16H15BrN2O4/c1-23-14-7-11(17)6-10(16(14)22)8-18-9-15(21)19-12-4-2-3-5-13(12)20/h2-8,20,22H,9H2,1H3,(H,19,21). The summed E-state index contributed by atoms with van der Waals surface area (Å²) in [6, 6.07) is 9.70. The van der Waals surface area contributed by atoms with E-state index in [9.17, 15) is 15.0 Å². The smallest absolute Gasteiger partial charge is 0.246 e. The van der Waals surface area contributed by atoms with Gasteiger partial charge >= 0.3 is 0 Å². The number of amides is 1. The summed E-state index contributed by atoms with van der Waals surface area (Å²) < 4.78 is 5.75. The summed E-state index contributed by atoms with van der Waals surface area (Å²) in [5.74, 6) is -0.150. The monoisotopic (exact) mass is 378 g/mol. The second-order valence-corrected chi connectivity index (χ2v) is 5.50. The van der Waals surface area contributed by atoms with E-state index in [4.69, 9.17) is 4.74 Å². The quantitative estimate of drug-likeness (QED) is 0.550. The Labute approximate surface area is 141 Å². The van der Waals surface area contributed by atoms with Crippen molar-refractivity contribution in [1.82, 2.24) is 0 Å². The van der Waals surface area contributed by atoms with Gasteiger partial charge in [0.1, 0.15) is 12.3 Å². The highest BCUT2D eigenvalue weighted by molar-refractivity contribution is 9.10. The first kappa shape index (κ1) is 16.8. The number of para-hydroxylation sites is 2. The SMILES string of the molecule is COc1cc(Br)cc(C=NCC(=O)Nc2ccccc2O)c1O. The topological polar surface area (TPSA) is 91.2 Å². The highest BCUT2D eigenvalue weighted by atomic mass is 79.9. The first-order valence-electron chi connectivity index (χ1n) is 6.65. The van der Waals surface area contributed by atoms with Crippen molar-refractivity contribution in [3.63, 3.8) is 0 Å². The van der Waals surface area contributed by atoms with Crippen LogP contribution in [0.5, 0.6) is 17.2 Å². The summed E-state index contributed by atoms with van der Waals surface area (Å²) >= 11 is 3.30. The van der Waals surface area contributed by atoms with Crippen molar-refractivity contribution in [2.24, 2.45) is 4.99 Å². The summed E-state index contributed by atoms with van der Waals surface area (Å²) in [7, 11) is 1.45. The average Bonchev–Trinajstić information content (AvgIpc) is 2.52. The van der Waals surface area contributed by atoms with Crippen LogP contribution in [0.15, 0.2) is 45.9 Å². The van der Waals surface area contributed by atoms with E-state index in [2.05, 4.69) is 26.2 Å². The Morgan fingerprint density at radius 3 is 2.78 bits per heavy atom. The zero-order chi connectivity index (χ0) is 16.8. The molecule has 2 rings (SSSR count). The number of benzene rings is 2. The molecule has 0 radical (unpaired) electrons. The number of methoxy groups -OCH3 is 1. The predicted octanol–water partition coefficient (Wildman–Crippen LogP) is 2.93. The molecular weight excluding hydrogens is 364 g/mol. The van der Waals surface area contributed by atoms with Gasteiger partial charge in [0.2, 0.25) is 5.91 Å². The minimum Gasteiger partial charge on any atom is -0.506 e. The number of hydrogen-bond acceptors (Lipinski definition) is 5. The Kier molecular flexibility index (Phi) is 5.59. The highest BCUT2D eigenvalue weighted by Crippen LogP contribution is 2.32. The van der Waals surface area contributed by atoms with Crippen LogP contribution in [-0.4, -0.2) is 36.0 Å². The van der Waals surface area contributed by atoms with Crippen LogP contribution in [0.2, 0.25) is 0 Å². The third-order valence-corrected chi connectivity index (χ3v) is 3.39. The highest BCUT2D eigenvalue weighted by Gasteiger charge is 2.08. The Morgan fingerprint density at radius 2 is 2.09 bits per heavy atom. The van der Waals surface area contributed by atoms with Gasteiger partial charge in [0.25, 0.3) is 0 Å². The van der Waals surface area contributed by atoms with Crippen molar-refractivity contribution in [1.29, 1.82) is 0 Å². The van der Waals surface area contributed by atoms with E-state index in [1.807, 2.05) is 0 Å². The van der Waals surface area contributed by atoms with Crippen molar-refractivity contribution in [2.75, 3.05) is 19.0 Å². The number of halogens is 1. The summed E-state index contributed by atoms with van der Waals surface area (Å²) in [5, 5.41) is 22.1. The van der Waals surface area contributed by atoms with E-state index in [-0.39, 0.29) is 24.0 Å². The Bertz CT molecular complexity index is 747. The lowest BCUT2D eigenvalue weighted by atomic mass is 10.2. The van der Waals surface area contributed by atoms with Gasteiger partial charge < -0.3 is 20.3 Å². The molecule has 0 saturated heterocycles. The van der Waals surface area contributed by atoms with Gasteiger partial charge in [-0.3, -0.25) is 9.79 Å². The van der Waals surface area contributed by atoms with Gasteiger partial charge in [-0.25, -0.2) is 0 Å². The summed E-state index contributed by atoms with van der Waals surface area (Å²) in [6.45, 7) is -0.150. The van der Waals surface area contributed by atoms with Gasteiger partial charge in [-0.1, -0.05) is 28.1 Å². The number of ether oxygens (including phenoxy) is 1. The molecule has 0 spiro atoms. The molecule has 1 amide bonds. The fraction of sp³-hybridized carbons (Fsp3) is 0.125. The largest absolute Gasteiger partial charge is 0.506 e. The molecule has 0 bridgehead atoms. The molecule has 0 aliphatic carbocycles. The molecule has 0 saturated carbocycles. The van der Waals surface area contributed by atoms with E-state index < -0.39 is 0 Å². The van der Waals surface area contributed by atoms with Crippen LogP contribution >= 0.6 is 15.9 Å². The number of rotatable bonds is 5. The number of carbonyl (C=O) groups is 1. The zero-order valence-electron chi connectivity index (χ0n) is 12.3. The lowest BCUT2D eigenvalue weighted by Crippen LogP contribution is -2.14. The molecule has 2 aromatic rings. The van der Waals surface area contributed by atoms with E-state index >= 15 is 0 Å². The molecule has 6 nitrogen and oxygen atoms in total. The third-order valence-electron chi connectivity index (χ3n) is 2.93. The Balaban J connectivity index is 2.03. The molecule has 0 heterocycles. The van der Waals surface area contributed by atoms with Crippen molar-refractivity contribution >= 4 is 33.7 Å².